The van der Waals surface area contributed by atoms with Crippen LogP contribution in [0, 0.1) is 0 Å². The minimum atomic E-state index is -0.550. The van der Waals surface area contributed by atoms with E-state index >= 15 is 0 Å². The lowest BCUT2D eigenvalue weighted by Gasteiger charge is -2.18. The molecule has 1 aromatic rings. The van der Waals surface area contributed by atoms with Crippen molar-refractivity contribution < 1.29 is 9.84 Å². The largest absolute Gasteiger partial charge is 0.487 e. The monoisotopic (exact) mass is 226 g/mol. The van der Waals surface area contributed by atoms with Gasteiger partial charge in [-0.05, 0) is 38.5 Å². The van der Waals surface area contributed by atoms with Crippen LogP contribution < -0.4 is 4.74 Å². The van der Waals surface area contributed by atoms with Crippen molar-refractivity contribution in [2.24, 2.45) is 0 Å². The van der Waals surface area contributed by atoms with Crippen molar-refractivity contribution in [3.63, 3.8) is 0 Å². The molecule has 1 unspecified atom stereocenters. The number of hydrogen-bond donors (Lipinski definition) is 1. The van der Waals surface area contributed by atoms with Gasteiger partial charge in [0.1, 0.15) is 11.4 Å². The van der Waals surface area contributed by atoms with Crippen LogP contribution >= 0.6 is 11.6 Å². The van der Waals surface area contributed by atoms with Gasteiger partial charge in [0.2, 0.25) is 0 Å². The van der Waals surface area contributed by atoms with E-state index in [9.17, 15) is 5.11 Å². The Morgan fingerprint density at radius 2 is 2.13 bits per heavy atom. The van der Waals surface area contributed by atoms with Crippen molar-refractivity contribution in [1.82, 2.24) is 0 Å². The molecule has 15 heavy (non-hydrogen) atoms. The Morgan fingerprint density at radius 3 is 2.73 bits per heavy atom. The maximum Gasteiger partial charge on any atom is 0.129 e. The summed E-state index contributed by atoms with van der Waals surface area (Å²) in [5, 5.41) is 10.3. The third-order valence-corrected chi connectivity index (χ3v) is 2.82. The maximum atomic E-state index is 9.64. The van der Waals surface area contributed by atoms with Crippen molar-refractivity contribution >= 4 is 11.6 Å². The first-order valence-electron chi connectivity index (χ1n) is 5.08. The fourth-order valence-electron chi connectivity index (χ4n) is 2.01. The van der Waals surface area contributed by atoms with Crippen LogP contribution in [0.25, 0.3) is 0 Å². The molecular formula is C12H15ClO2. The van der Waals surface area contributed by atoms with E-state index in [0.717, 1.165) is 23.3 Å². The summed E-state index contributed by atoms with van der Waals surface area (Å²) >= 11 is 6.00. The van der Waals surface area contributed by atoms with Gasteiger partial charge in [0.25, 0.3) is 0 Å². The number of aliphatic hydroxyl groups excluding tert-OH is 1. The smallest absolute Gasteiger partial charge is 0.129 e. The van der Waals surface area contributed by atoms with Gasteiger partial charge >= 0.3 is 0 Å². The molecule has 0 amide bonds. The predicted octanol–water partition coefficient (Wildman–Crippen LogP) is 3.11. The van der Waals surface area contributed by atoms with Gasteiger partial charge in [-0.2, -0.15) is 0 Å². The summed E-state index contributed by atoms with van der Waals surface area (Å²) in [6, 6.07) is 3.68. The lowest BCUT2D eigenvalue weighted by Crippen LogP contribution is -2.25. The summed E-state index contributed by atoms with van der Waals surface area (Å²) in [5.74, 6) is 0.805. The summed E-state index contributed by atoms with van der Waals surface area (Å²) < 4.78 is 5.82. The van der Waals surface area contributed by atoms with Gasteiger partial charge in [-0.25, -0.2) is 0 Å². The summed E-state index contributed by atoms with van der Waals surface area (Å²) in [6.45, 7) is 5.79. The van der Waals surface area contributed by atoms with Crippen LogP contribution in [0.15, 0.2) is 12.1 Å². The van der Waals surface area contributed by atoms with Gasteiger partial charge in [-0.15, -0.1) is 0 Å². The third kappa shape index (κ3) is 1.97. The van der Waals surface area contributed by atoms with Gasteiger partial charge in [-0.1, -0.05) is 11.6 Å². The molecule has 2 nitrogen and oxygen atoms in total. The molecule has 0 radical (unpaired) electrons. The molecule has 1 aromatic carbocycles. The van der Waals surface area contributed by atoms with E-state index in [1.54, 1.807) is 13.0 Å². The first-order chi connectivity index (χ1) is 6.89. The minimum Gasteiger partial charge on any atom is -0.487 e. The molecule has 1 atom stereocenters. The highest BCUT2D eigenvalue weighted by molar-refractivity contribution is 6.30. The van der Waals surface area contributed by atoms with Crippen LogP contribution in [-0.2, 0) is 6.42 Å². The van der Waals surface area contributed by atoms with Crippen LogP contribution in [-0.4, -0.2) is 10.7 Å². The molecule has 1 heterocycles. The van der Waals surface area contributed by atoms with Gasteiger partial charge in [-0.3, -0.25) is 0 Å². The van der Waals surface area contributed by atoms with E-state index in [-0.39, 0.29) is 5.60 Å². The zero-order valence-electron chi connectivity index (χ0n) is 9.17. The van der Waals surface area contributed by atoms with Crippen LogP contribution in [0.2, 0.25) is 5.02 Å². The summed E-state index contributed by atoms with van der Waals surface area (Å²) in [6.07, 6.45) is 0.286. The number of rotatable bonds is 1. The minimum absolute atomic E-state index is 0.198. The van der Waals surface area contributed by atoms with Crippen LogP contribution in [0.1, 0.15) is 38.0 Å². The molecular weight excluding hydrogens is 212 g/mol. The molecule has 1 aliphatic rings. The van der Waals surface area contributed by atoms with Crippen molar-refractivity contribution in [1.29, 1.82) is 0 Å². The standard InChI is InChI=1S/C12H15ClO2/c1-7(14)10-5-9(13)4-8-6-12(2,3)15-11(8)10/h4-5,7,14H,6H2,1-3H3. The number of fused-ring (bicyclic) bond motifs is 1. The van der Waals surface area contributed by atoms with E-state index in [1.165, 1.54) is 0 Å². The normalized spacial score (nSPS) is 19.5. The second kappa shape index (κ2) is 3.39. The Bertz CT molecular complexity index is 397. The van der Waals surface area contributed by atoms with E-state index < -0.39 is 6.10 Å². The van der Waals surface area contributed by atoms with Gasteiger partial charge < -0.3 is 9.84 Å². The Balaban J connectivity index is 2.53. The first-order valence-corrected chi connectivity index (χ1v) is 5.46. The Hall–Kier alpha value is -0.730. The Morgan fingerprint density at radius 1 is 1.47 bits per heavy atom. The van der Waals surface area contributed by atoms with Crippen molar-refractivity contribution in [2.75, 3.05) is 0 Å². The summed E-state index contributed by atoms with van der Waals surface area (Å²) in [5.41, 5.74) is 1.67. The fourth-order valence-corrected chi connectivity index (χ4v) is 2.26. The third-order valence-electron chi connectivity index (χ3n) is 2.60. The molecule has 0 spiro atoms. The van der Waals surface area contributed by atoms with E-state index in [2.05, 4.69) is 0 Å². The molecule has 3 heteroatoms. The quantitative estimate of drug-likeness (QED) is 0.798. The zero-order valence-corrected chi connectivity index (χ0v) is 9.93. The molecule has 0 aromatic heterocycles. The van der Waals surface area contributed by atoms with Crippen LogP contribution in [0.4, 0.5) is 0 Å². The van der Waals surface area contributed by atoms with Crippen molar-refractivity contribution in [3.8, 4) is 5.75 Å². The average Bonchev–Trinajstić information content (AvgIpc) is 2.36. The second-order valence-corrected chi connectivity index (χ2v) is 5.13. The summed E-state index contributed by atoms with van der Waals surface area (Å²) in [4.78, 5) is 0. The van der Waals surface area contributed by atoms with E-state index in [4.69, 9.17) is 16.3 Å². The van der Waals surface area contributed by atoms with E-state index in [0.29, 0.717) is 5.02 Å². The molecule has 2 rings (SSSR count). The fraction of sp³-hybridized carbons (Fsp3) is 0.500. The highest BCUT2D eigenvalue weighted by atomic mass is 35.5. The number of aliphatic hydroxyl groups is 1. The molecule has 0 fully saturated rings. The predicted molar refractivity (Wildman–Crippen MR) is 60.5 cm³/mol. The van der Waals surface area contributed by atoms with Crippen LogP contribution in [0.5, 0.6) is 5.75 Å². The molecule has 82 valence electrons. The molecule has 0 saturated carbocycles. The van der Waals surface area contributed by atoms with Gasteiger partial charge in [0.15, 0.2) is 0 Å². The van der Waals surface area contributed by atoms with Crippen molar-refractivity contribution in [2.45, 2.75) is 38.9 Å². The number of halogens is 1. The lowest BCUT2D eigenvalue weighted by molar-refractivity contribution is 0.129. The number of benzene rings is 1. The lowest BCUT2D eigenvalue weighted by atomic mass is 9.99. The maximum absolute atomic E-state index is 9.64. The molecule has 1 N–H and O–H groups in total. The average molecular weight is 227 g/mol. The summed E-state index contributed by atoms with van der Waals surface area (Å²) in [7, 11) is 0. The molecule has 1 aliphatic heterocycles. The molecule has 0 saturated heterocycles. The van der Waals surface area contributed by atoms with Gasteiger partial charge in [0.05, 0.1) is 6.10 Å². The highest BCUT2D eigenvalue weighted by Crippen LogP contribution is 2.41. The van der Waals surface area contributed by atoms with Crippen molar-refractivity contribution in [3.05, 3.63) is 28.3 Å². The number of ether oxygens (including phenoxy) is 1. The van der Waals surface area contributed by atoms with Crippen LogP contribution in [0.3, 0.4) is 0 Å². The SMILES string of the molecule is CC(O)c1cc(Cl)cc2c1OC(C)(C)C2. The zero-order chi connectivity index (χ0) is 11.2. The topological polar surface area (TPSA) is 29.5 Å². The Labute approximate surface area is 94.8 Å². The first kappa shape index (κ1) is 10.8. The van der Waals surface area contributed by atoms with E-state index in [1.807, 2.05) is 19.9 Å². The second-order valence-electron chi connectivity index (χ2n) is 4.70. The number of hydrogen-bond acceptors (Lipinski definition) is 2. The molecule has 0 aliphatic carbocycles. The highest BCUT2D eigenvalue weighted by Gasteiger charge is 2.32. The Kier molecular flexibility index (Phi) is 2.44. The van der Waals surface area contributed by atoms with Gasteiger partial charge in [0, 0.05) is 17.0 Å². The molecule has 0 bridgehead atoms.